The van der Waals surface area contributed by atoms with Gasteiger partial charge in [-0.2, -0.15) is 23.5 Å². The molecule has 0 unspecified atom stereocenters. The highest BCUT2D eigenvalue weighted by atomic mass is 32.2. The molecule has 1 atom stereocenters. The van der Waals surface area contributed by atoms with Crippen LogP contribution in [0.3, 0.4) is 0 Å². The second kappa shape index (κ2) is 10.4. The maximum atomic E-state index is 9.64. The number of aliphatic hydroxyl groups is 1. The molecular formula is C21H34N2O2S2. The fraction of sp³-hybridized carbons (Fsp3) is 0.714. The maximum Gasteiger partial charge on any atom is 0.122 e. The minimum Gasteiger partial charge on any atom is -0.496 e. The molecule has 152 valence electrons. The van der Waals surface area contributed by atoms with Crippen molar-refractivity contribution in [3.8, 4) is 5.75 Å². The van der Waals surface area contributed by atoms with E-state index >= 15 is 0 Å². The SMILES string of the molecule is COc1ccc(CN2CCN(C3CSCCSC3)C[C@H]2CCO)c(C)c1C. The average molecular weight is 411 g/mol. The topological polar surface area (TPSA) is 35.9 Å². The summed E-state index contributed by atoms with van der Waals surface area (Å²) in [5.74, 6) is 6.07. The monoisotopic (exact) mass is 410 g/mol. The fourth-order valence-corrected chi connectivity index (χ4v) is 6.79. The first-order valence-corrected chi connectivity index (χ1v) is 12.3. The van der Waals surface area contributed by atoms with Crippen LogP contribution in [0.15, 0.2) is 12.1 Å². The number of piperazine rings is 1. The van der Waals surface area contributed by atoms with Crippen LogP contribution in [0.4, 0.5) is 0 Å². The lowest BCUT2D eigenvalue weighted by molar-refractivity contribution is 0.0406. The predicted octanol–water partition coefficient (Wildman–Crippen LogP) is 3.03. The van der Waals surface area contributed by atoms with Crippen molar-refractivity contribution in [2.75, 3.05) is 56.4 Å². The summed E-state index contributed by atoms with van der Waals surface area (Å²) in [4.78, 5) is 5.27. The molecule has 0 bridgehead atoms. The van der Waals surface area contributed by atoms with Crippen molar-refractivity contribution in [3.05, 3.63) is 28.8 Å². The number of hydrogen-bond donors (Lipinski definition) is 1. The van der Waals surface area contributed by atoms with Gasteiger partial charge in [0.2, 0.25) is 0 Å². The standard InChI is InChI=1S/C21H34N2O2S2/c1-16-17(2)21(25-3)5-4-18(16)12-22-7-8-23(13-19(22)6-9-24)20-14-26-10-11-27-15-20/h4-5,19-20,24H,6-15H2,1-3H3/t19-/m1/s1. The molecule has 6 heteroatoms. The molecule has 1 N–H and O–H groups in total. The molecule has 2 heterocycles. The Morgan fingerprint density at radius 1 is 1.11 bits per heavy atom. The van der Waals surface area contributed by atoms with Crippen LogP contribution >= 0.6 is 23.5 Å². The van der Waals surface area contributed by atoms with Crippen LogP contribution in [0, 0.1) is 13.8 Å². The Morgan fingerprint density at radius 2 is 1.85 bits per heavy atom. The Bertz CT molecular complexity index is 606. The Kier molecular flexibility index (Phi) is 8.21. The Balaban J connectivity index is 1.68. The third kappa shape index (κ3) is 5.36. The van der Waals surface area contributed by atoms with Crippen molar-refractivity contribution >= 4 is 23.5 Å². The zero-order chi connectivity index (χ0) is 19.2. The first-order valence-electron chi connectivity index (χ1n) is 10.0. The summed E-state index contributed by atoms with van der Waals surface area (Å²) in [5.41, 5.74) is 3.95. The molecule has 2 fully saturated rings. The molecular weight excluding hydrogens is 376 g/mol. The van der Waals surface area contributed by atoms with Crippen molar-refractivity contribution < 1.29 is 9.84 Å². The molecule has 2 aliphatic heterocycles. The molecule has 0 aromatic heterocycles. The number of rotatable bonds is 6. The quantitative estimate of drug-likeness (QED) is 0.777. The molecule has 2 aliphatic rings. The minimum absolute atomic E-state index is 0.268. The van der Waals surface area contributed by atoms with Gasteiger partial charge >= 0.3 is 0 Å². The van der Waals surface area contributed by atoms with E-state index in [1.54, 1.807) is 7.11 Å². The molecule has 0 amide bonds. The molecule has 4 nitrogen and oxygen atoms in total. The lowest BCUT2D eigenvalue weighted by Gasteiger charge is -2.44. The van der Waals surface area contributed by atoms with Gasteiger partial charge in [0.25, 0.3) is 0 Å². The first-order chi connectivity index (χ1) is 13.1. The number of aliphatic hydroxyl groups excluding tert-OH is 1. The Morgan fingerprint density at radius 3 is 2.52 bits per heavy atom. The lowest BCUT2D eigenvalue weighted by Crippen LogP contribution is -2.56. The molecule has 1 aromatic rings. The number of thioether (sulfide) groups is 2. The summed E-state index contributed by atoms with van der Waals surface area (Å²) in [6.07, 6.45) is 0.859. The first kappa shape index (κ1) is 21.3. The van der Waals surface area contributed by atoms with E-state index < -0.39 is 0 Å². The van der Waals surface area contributed by atoms with Crippen LogP contribution in [-0.4, -0.2) is 83.4 Å². The maximum absolute atomic E-state index is 9.64. The van der Waals surface area contributed by atoms with E-state index in [1.807, 2.05) is 0 Å². The van der Waals surface area contributed by atoms with Gasteiger partial charge < -0.3 is 9.84 Å². The van der Waals surface area contributed by atoms with Gasteiger partial charge in [0.1, 0.15) is 5.75 Å². The highest BCUT2D eigenvalue weighted by Gasteiger charge is 2.31. The van der Waals surface area contributed by atoms with Crippen LogP contribution < -0.4 is 4.74 Å². The summed E-state index contributed by atoms with van der Waals surface area (Å²) >= 11 is 4.21. The zero-order valence-electron chi connectivity index (χ0n) is 16.9. The van der Waals surface area contributed by atoms with Gasteiger partial charge in [-0.3, -0.25) is 9.80 Å². The smallest absolute Gasteiger partial charge is 0.122 e. The van der Waals surface area contributed by atoms with Crippen molar-refractivity contribution in [2.24, 2.45) is 0 Å². The number of hydrogen-bond acceptors (Lipinski definition) is 6. The van der Waals surface area contributed by atoms with Gasteiger partial charge in [0.05, 0.1) is 7.11 Å². The van der Waals surface area contributed by atoms with Crippen molar-refractivity contribution in [1.82, 2.24) is 9.80 Å². The second-order valence-electron chi connectivity index (χ2n) is 7.61. The third-order valence-corrected chi connectivity index (χ3v) is 8.54. The Labute approximate surface area is 173 Å². The molecule has 0 saturated carbocycles. The average Bonchev–Trinajstić information content (AvgIpc) is 2.96. The summed E-state index contributed by atoms with van der Waals surface area (Å²) in [6.45, 7) is 8.88. The van der Waals surface area contributed by atoms with Crippen LogP contribution in [0.5, 0.6) is 5.75 Å². The van der Waals surface area contributed by atoms with Crippen LogP contribution in [0.1, 0.15) is 23.1 Å². The molecule has 0 spiro atoms. The molecule has 0 aliphatic carbocycles. The van der Waals surface area contributed by atoms with E-state index in [2.05, 4.69) is 59.3 Å². The van der Waals surface area contributed by atoms with E-state index in [0.717, 1.165) is 38.3 Å². The van der Waals surface area contributed by atoms with Crippen LogP contribution in [0.25, 0.3) is 0 Å². The predicted molar refractivity (Wildman–Crippen MR) is 118 cm³/mol. The molecule has 2 saturated heterocycles. The van der Waals surface area contributed by atoms with E-state index in [1.165, 1.54) is 39.7 Å². The van der Waals surface area contributed by atoms with Crippen molar-refractivity contribution in [1.29, 1.82) is 0 Å². The Hall–Kier alpha value is -0.400. The molecule has 0 radical (unpaired) electrons. The zero-order valence-corrected chi connectivity index (χ0v) is 18.6. The van der Waals surface area contributed by atoms with E-state index in [4.69, 9.17) is 4.74 Å². The molecule has 3 rings (SSSR count). The summed E-state index contributed by atoms with van der Waals surface area (Å²) in [5, 5.41) is 9.64. The highest BCUT2D eigenvalue weighted by Crippen LogP contribution is 2.28. The third-order valence-electron chi connectivity index (χ3n) is 6.05. The van der Waals surface area contributed by atoms with Crippen molar-refractivity contribution in [2.45, 2.75) is 38.9 Å². The van der Waals surface area contributed by atoms with E-state index in [-0.39, 0.29) is 6.61 Å². The number of methoxy groups -OCH3 is 1. The van der Waals surface area contributed by atoms with Gasteiger partial charge in [-0.05, 0) is 43.0 Å². The molecule has 27 heavy (non-hydrogen) atoms. The summed E-state index contributed by atoms with van der Waals surface area (Å²) in [6, 6.07) is 5.43. The van der Waals surface area contributed by atoms with Crippen molar-refractivity contribution in [3.63, 3.8) is 0 Å². The van der Waals surface area contributed by atoms with Gasteiger partial charge in [0.15, 0.2) is 0 Å². The van der Waals surface area contributed by atoms with Gasteiger partial charge in [-0.1, -0.05) is 6.07 Å². The molecule has 1 aromatic carbocycles. The lowest BCUT2D eigenvalue weighted by atomic mass is 10.00. The van der Waals surface area contributed by atoms with E-state index in [0.29, 0.717) is 12.1 Å². The van der Waals surface area contributed by atoms with Gasteiger partial charge in [-0.15, -0.1) is 0 Å². The number of benzene rings is 1. The summed E-state index contributed by atoms with van der Waals surface area (Å²) in [7, 11) is 1.74. The van der Waals surface area contributed by atoms with Crippen LogP contribution in [0.2, 0.25) is 0 Å². The largest absolute Gasteiger partial charge is 0.496 e. The fourth-order valence-electron chi connectivity index (χ4n) is 4.16. The summed E-state index contributed by atoms with van der Waals surface area (Å²) < 4.78 is 5.46. The van der Waals surface area contributed by atoms with Gasteiger partial charge in [-0.25, -0.2) is 0 Å². The minimum atomic E-state index is 0.268. The number of ether oxygens (including phenoxy) is 1. The van der Waals surface area contributed by atoms with Gasteiger partial charge in [0, 0.05) is 67.9 Å². The number of nitrogens with zero attached hydrogens (tertiary/aromatic N) is 2. The van der Waals surface area contributed by atoms with E-state index in [9.17, 15) is 5.11 Å². The van der Waals surface area contributed by atoms with Crippen LogP contribution in [-0.2, 0) is 6.54 Å². The highest BCUT2D eigenvalue weighted by molar-refractivity contribution is 8.03. The second-order valence-corrected chi connectivity index (χ2v) is 9.91. The normalized spacial score (nSPS) is 23.3.